The van der Waals surface area contributed by atoms with Crippen LogP contribution in [0.1, 0.15) is 5.76 Å². The first-order valence-electron chi connectivity index (χ1n) is 7.12. The average molecular weight is 303 g/mol. The Kier molecular flexibility index (Phi) is 5.30. The molecule has 6 heteroatoms. The van der Waals surface area contributed by atoms with E-state index < -0.39 is 4.92 Å². The quantitative estimate of drug-likeness (QED) is 0.581. The van der Waals surface area contributed by atoms with Gasteiger partial charge in [-0.25, -0.2) is 0 Å². The smallest absolute Gasteiger partial charge is 0.270 e. The predicted molar refractivity (Wildman–Crippen MR) is 85.7 cm³/mol. The van der Waals surface area contributed by atoms with E-state index in [2.05, 4.69) is 9.80 Å². The molecule has 0 spiro atoms. The number of benzene rings is 1. The van der Waals surface area contributed by atoms with Crippen LogP contribution in [0.25, 0.3) is 11.3 Å². The van der Waals surface area contributed by atoms with Crippen LogP contribution in [0.4, 0.5) is 5.69 Å². The molecule has 22 heavy (non-hydrogen) atoms. The van der Waals surface area contributed by atoms with Crippen LogP contribution >= 0.6 is 0 Å². The van der Waals surface area contributed by atoms with Crippen LogP contribution < -0.4 is 0 Å². The molecule has 2 aromatic rings. The largest absolute Gasteiger partial charge is 0.460 e. The van der Waals surface area contributed by atoms with Gasteiger partial charge in [0.25, 0.3) is 5.69 Å². The maximum atomic E-state index is 10.8. The molecule has 0 aliphatic rings. The minimum Gasteiger partial charge on any atom is -0.460 e. The molecule has 0 bridgehead atoms. The van der Waals surface area contributed by atoms with Gasteiger partial charge in [-0.15, -0.1) is 0 Å². The monoisotopic (exact) mass is 303 g/mol. The molecule has 6 nitrogen and oxygen atoms in total. The highest BCUT2D eigenvalue weighted by Gasteiger charge is 2.11. The van der Waals surface area contributed by atoms with Crippen molar-refractivity contribution in [2.24, 2.45) is 0 Å². The Bertz CT molecular complexity index is 637. The highest BCUT2D eigenvalue weighted by atomic mass is 16.6. The Morgan fingerprint density at radius 2 is 1.91 bits per heavy atom. The zero-order chi connectivity index (χ0) is 16.1. The Hall–Kier alpha value is -2.18. The van der Waals surface area contributed by atoms with Gasteiger partial charge in [-0.2, -0.15) is 0 Å². The summed E-state index contributed by atoms with van der Waals surface area (Å²) in [7, 11) is 6.13. The van der Waals surface area contributed by atoms with Crippen LogP contribution in [0.5, 0.6) is 0 Å². The first-order valence-corrected chi connectivity index (χ1v) is 7.12. The van der Waals surface area contributed by atoms with Crippen molar-refractivity contribution in [1.82, 2.24) is 9.80 Å². The maximum absolute atomic E-state index is 10.8. The summed E-state index contributed by atoms with van der Waals surface area (Å²) in [5, 5.41) is 10.8. The summed E-state index contributed by atoms with van der Waals surface area (Å²) in [6.45, 7) is 2.64. The van der Waals surface area contributed by atoms with Crippen molar-refractivity contribution in [3.05, 3.63) is 52.3 Å². The van der Waals surface area contributed by atoms with Gasteiger partial charge in [0.1, 0.15) is 11.5 Å². The molecule has 0 atom stereocenters. The third kappa shape index (κ3) is 4.41. The van der Waals surface area contributed by atoms with Crippen molar-refractivity contribution in [2.75, 3.05) is 34.2 Å². The van der Waals surface area contributed by atoms with E-state index in [1.807, 2.05) is 39.3 Å². The van der Waals surface area contributed by atoms with Crippen LogP contribution in [0, 0.1) is 10.1 Å². The second-order valence-electron chi connectivity index (χ2n) is 5.61. The molecule has 2 rings (SSSR count). The molecular formula is C16H21N3O3. The van der Waals surface area contributed by atoms with Gasteiger partial charge in [-0.1, -0.05) is 12.1 Å². The second kappa shape index (κ2) is 7.20. The third-order valence-corrected chi connectivity index (χ3v) is 3.36. The lowest BCUT2D eigenvalue weighted by molar-refractivity contribution is -0.384. The van der Waals surface area contributed by atoms with E-state index in [9.17, 15) is 10.1 Å². The predicted octanol–water partition coefficient (Wildman–Crippen LogP) is 2.85. The molecule has 0 N–H and O–H groups in total. The summed E-state index contributed by atoms with van der Waals surface area (Å²) in [6.07, 6.45) is 0. The molecule has 0 aliphatic heterocycles. The lowest BCUT2D eigenvalue weighted by Gasteiger charge is -2.17. The number of furan rings is 1. The van der Waals surface area contributed by atoms with Gasteiger partial charge in [-0.3, -0.25) is 15.0 Å². The molecule has 0 unspecified atom stereocenters. The average Bonchev–Trinajstić information content (AvgIpc) is 2.93. The Morgan fingerprint density at radius 1 is 1.14 bits per heavy atom. The van der Waals surface area contributed by atoms with Gasteiger partial charge in [0, 0.05) is 30.8 Å². The number of hydrogen-bond donors (Lipinski definition) is 0. The van der Waals surface area contributed by atoms with Crippen LogP contribution in [0.2, 0.25) is 0 Å². The molecule has 0 aliphatic carbocycles. The normalized spacial score (nSPS) is 11.3. The van der Waals surface area contributed by atoms with Gasteiger partial charge in [0.05, 0.1) is 11.5 Å². The molecule has 0 fully saturated rings. The summed E-state index contributed by atoms with van der Waals surface area (Å²) in [5.74, 6) is 1.50. The van der Waals surface area contributed by atoms with Gasteiger partial charge >= 0.3 is 0 Å². The van der Waals surface area contributed by atoms with E-state index in [4.69, 9.17) is 4.42 Å². The van der Waals surface area contributed by atoms with Crippen LogP contribution in [-0.2, 0) is 6.54 Å². The number of non-ortho nitro benzene ring substituents is 1. The zero-order valence-electron chi connectivity index (χ0n) is 13.2. The number of rotatable bonds is 7. The Labute approximate surface area is 130 Å². The third-order valence-electron chi connectivity index (χ3n) is 3.36. The second-order valence-corrected chi connectivity index (χ2v) is 5.61. The minimum atomic E-state index is -0.400. The molecule has 1 heterocycles. The van der Waals surface area contributed by atoms with Crippen LogP contribution in [0.15, 0.2) is 40.8 Å². The summed E-state index contributed by atoms with van der Waals surface area (Å²) < 4.78 is 5.80. The van der Waals surface area contributed by atoms with Gasteiger partial charge in [0.15, 0.2) is 0 Å². The van der Waals surface area contributed by atoms with Crippen molar-refractivity contribution in [3.63, 3.8) is 0 Å². The topological polar surface area (TPSA) is 62.8 Å². The summed E-state index contributed by atoms with van der Waals surface area (Å²) in [5.41, 5.74) is 0.787. The summed E-state index contributed by atoms with van der Waals surface area (Å²) in [6, 6.07) is 10.2. The number of nitro groups is 1. The lowest BCUT2D eigenvalue weighted by atomic mass is 10.1. The molecule has 1 aromatic heterocycles. The zero-order valence-corrected chi connectivity index (χ0v) is 13.2. The SMILES string of the molecule is CN(C)CCN(C)Cc1ccc(-c2cccc([N+](=O)[O-])c2)o1. The molecule has 118 valence electrons. The van der Waals surface area contributed by atoms with E-state index in [0.29, 0.717) is 12.3 Å². The van der Waals surface area contributed by atoms with Gasteiger partial charge < -0.3 is 9.32 Å². The Balaban J connectivity index is 2.05. The van der Waals surface area contributed by atoms with Crippen molar-refractivity contribution in [2.45, 2.75) is 6.54 Å². The van der Waals surface area contributed by atoms with E-state index >= 15 is 0 Å². The highest BCUT2D eigenvalue weighted by molar-refractivity contribution is 5.61. The van der Waals surface area contributed by atoms with E-state index in [0.717, 1.165) is 24.4 Å². The maximum Gasteiger partial charge on any atom is 0.270 e. The van der Waals surface area contributed by atoms with Crippen molar-refractivity contribution < 1.29 is 9.34 Å². The molecular weight excluding hydrogens is 282 g/mol. The van der Waals surface area contributed by atoms with Crippen molar-refractivity contribution >= 4 is 5.69 Å². The van der Waals surface area contributed by atoms with Gasteiger partial charge in [0.2, 0.25) is 0 Å². The van der Waals surface area contributed by atoms with E-state index in [1.54, 1.807) is 6.07 Å². The number of likely N-dealkylation sites (N-methyl/N-ethyl adjacent to an activating group) is 2. The minimum absolute atomic E-state index is 0.0681. The van der Waals surface area contributed by atoms with Crippen LogP contribution in [0.3, 0.4) is 0 Å². The number of nitro benzene ring substituents is 1. The van der Waals surface area contributed by atoms with E-state index in [-0.39, 0.29) is 5.69 Å². The molecule has 0 saturated carbocycles. The van der Waals surface area contributed by atoms with Gasteiger partial charge in [-0.05, 0) is 33.3 Å². The fraction of sp³-hybridized carbons (Fsp3) is 0.375. The fourth-order valence-corrected chi connectivity index (χ4v) is 2.11. The number of nitrogens with zero attached hydrogens (tertiary/aromatic N) is 3. The summed E-state index contributed by atoms with van der Waals surface area (Å²) in [4.78, 5) is 14.7. The molecule has 0 radical (unpaired) electrons. The van der Waals surface area contributed by atoms with Crippen molar-refractivity contribution in [1.29, 1.82) is 0 Å². The first-order chi connectivity index (χ1) is 10.5. The van der Waals surface area contributed by atoms with E-state index in [1.165, 1.54) is 12.1 Å². The van der Waals surface area contributed by atoms with Crippen LogP contribution in [-0.4, -0.2) is 49.0 Å². The first kappa shape index (κ1) is 16.2. The summed E-state index contributed by atoms with van der Waals surface area (Å²) >= 11 is 0. The highest BCUT2D eigenvalue weighted by Crippen LogP contribution is 2.26. The lowest BCUT2D eigenvalue weighted by Crippen LogP contribution is -2.28. The Morgan fingerprint density at radius 3 is 2.59 bits per heavy atom. The van der Waals surface area contributed by atoms with Crippen molar-refractivity contribution in [3.8, 4) is 11.3 Å². The standard InChI is InChI=1S/C16H21N3O3/c1-17(2)9-10-18(3)12-15-7-8-16(22-15)13-5-4-6-14(11-13)19(20)21/h4-8,11H,9-10,12H2,1-3H3. The molecule has 0 amide bonds. The number of hydrogen-bond acceptors (Lipinski definition) is 5. The fourth-order valence-electron chi connectivity index (χ4n) is 2.11. The molecule has 0 saturated heterocycles. The molecule has 1 aromatic carbocycles.